The topological polar surface area (TPSA) is 69.2 Å². The average molecular weight is 361 g/mol. The van der Waals surface area contributed by atoms with Crippen LogP contribution >= 0.6 is 0 Å². The number of benzene rings is 2. The summed E-state index contributed by atoms with van der Waals surface area (Å²) in [6.45, 7) is 1.23. The second-order valence-corrected chi connectivity index (χ2v) is 7.04. The largest absolute Gasteiger partial charge is 0.380 e. The van der Waals surface area contributed by atoms with E-state index in [4.69, 9.17) is 0 Å². The van der Waals surface area contributed by atoms with Gasteiger partial charge in [-0.15, -0.1) is 0 Å². The number of piperidine rings is 1. The number of aliphatic hydroxyl groups is 1. The number of aromatic nitrogens is 2. The van der Waals surface area contributed by atoms with E-state index in [2.05, 4.69) is 10.2 Å². The molecule has 0 spiro atoms. The summed E-state index contributed by atoms with van der Waals surface area (Å²) >= 11 is 0. The van der Waals surface area contributed by atoms with E-state index >= 15 is 0 Å². The van der Waals surface area contributed by atoms with E-state index in [1.807, 2.05) is 65.6 Å². The van der Waals surface area contributed by atoms with E-state index in [1.54, 1.807) is 12.3 Å². The van der Waals surface area contributed by atoms with Gasteiger partial charge in [0.2, 0.25) is 0 Å². The van der Waals surface area contributed by atoms with Gasteiger partial charge in [-0.1, -0.05) is 60.7 Å². The van der Waals surface area contributed by atoms with E-state index in [1.165, 1.54) is 0 Å². The van der Waals surface area contributed by atoms with Crippen LogP contribution in [-0.2, 0) is 5.60 Å². The predicted molar refractivity (Wildman–Crippen MR) is 103 cm³/mol. The number of likely N-dealkylation sites (tertiary alicyclic amines) is 1. The van der Waals surface area contributed by atoms with Gasteiger partial charge in [-0.05, 0) is 36.0 Å². The van der Waals surface area contributed by atoms with E-state index in [-0.39, 0.29) is 11.8 Å². The average Bonchev–Trinajstić information content (AvgIpc) is 3.29. The van der Waals surface area contributed by atoms with Crippen molar-refractivity contribution in [2.75, 3.05) is 13.1 Å². The number of aromatic amines is 1. The summed E-state index contributed by atoms with van der Waals surface area (Å²) in [7, 11) is 0. The van der Waals surface area contributed by atoms with Gasteiger partial charge in [0.15, 0.2) is 0 Å². The summed E-state index contributed by atoms with van der Waals surface area (Å²) in [5.74, 6) is 0.00188. The normalized spacial score (nSPS) is 15.7. The number of carbonyl (C=O) groups excluding carboxylic acids is 1. The maximum absolute atomic E-state index is 12.5. The van der Waals surface area contributed by atoms with Crippen molar-refractivity contribution in [3.63, 3.8) is 0 Å². The molecule has 0 atom stereocenters. The maximum atomic E-state index is 12.5. The molecule has 0 aliphatic carbocycles. The highest BCUT2D eigenvalue weighted by molar-refractivity contribution is 5.92. The Morgan fingerprint density at radius 2 is 1.52 bits per heavy atom. The molecule has 1 fully saturated rings. The van der Waals surface area contributed by atoms with E-state index < -0.39 is 5.60 Å². The highest BCUT2D eigenvalue weighted by Crippen LogP contribution is 2.41. The lowest BCUT2D eigenvalue weighted by Crippen LogP contribution is -2.46. The smallest absolute Gasteiger partial charge is 0.271 e. The first kappa shape index (κ1) is 17.5. The molecule has 0 radical (unpaired) electrons. The number of carbonyl (C=O) groups is 1. The number of nitrogens with one attached hydrogen (secondary N) is 1. The van der Waals surface area contributed by atoms with Crippen LogP contribution in [-0.4, -0.2) is 39.2 Å². The lowest BCUT2D eigenvalue weighted by Gasteiger charge is -2.42. The number of amides is 1. The van der Waals surface area contributed by atoms with Crippen molar-refractivity contribution >= 4 is 5.91 Å². The van der Waals surface area contributed by atoms with Crippen molar-refractivity contribution in [2.45, 2.75) is 18.4 Å². The van der Waals surface area contributed by atoms with Crippen molar-refractivity contribution in [3.8, 4) is 0 Å². The Morgan fingerprint density at radius 3 is 2.00 bits per heavy atom. The third-order valence-corrected chi connectivity index (χ3v) is 5.53. The lowest BCUT2D eigenvalue weighted by molar-refractivity contribution is -0.0123. The van der Waals surface area contributed by atoms with Gasteiger partial charge in [-0.2, -0.15) is 5.10 Å². The fourth-order valence-corrected chi connectivity index (χ4v) is 4.07. The van der Waals surface area contributed by atoms with Crippen LogP contribution in [0.2, 0.25) is 0 Å². The molecule has 138 valence electrons. The van der Waals surface area contributed by atoms with Crippen LogP contribution in [0, 0.1) is 5.92 Å². The highest BCUT2D eigenvalue weighted by atomic mass is 16.3. The molecule has 4 rings (SSSR count). The summed E-state index contributed by atoms with van der Waals surface area (Å²) in [5, 5.41) is 18.5. The molecule has 5 heteroatoms. The maximum Gasteiger partial charge on any atom is 0.271 e. The number of hydrogen-bond acceptors (Lipinski definition) is 3. The third-order valence-electron chi connectivity index (χ3n) is 5.53. The zero-order valence-corrected chi connectivity index (χ0v) is 15.1. The molecule has 0 saturated carbocycles. The lowest BCUT2D eigenvalue weighted by atomic mass is 9.72. The minimum Gasteiger partial charge on any atom is -0.380 e. The summed E-state index contributed by atoms with van der Waals surface area (Å²) in [6, 6.07) is 21.4. The predicted octanol–water partition coefficient (Wildman–Crippen LogP) is 3.20. The quantitative estimate of drug-likeness (QED) is 0.750. The zero-order valence-electron chi connectivity index (χ0n) is 15.1. The first-order chi connectivity index (χ1) is 13.2. The van der Waals surface area contributed by atoms with Crippen LogP contribution in [0.5, 0.6) is 0 Å². The fraction of sp³-hybridized carbons (Fsp3) is 0.273. The Hall–Kier alpha value is -2.92. The van der Waals surface area contributed by atoms with Crippen LogP contribution in [0.3, 0.4) is 0 Å². The molecule has 1 aliphatic heterocycles. The van der Waals surface area contributed by atoms with E-state index in [0.717, 1.165) is 24.0 Å². The zero-order chi connectivity index (χ0) is 18.7. The second kappa shape index (κ2) is 7.37. The summed E-state index contributed by atoms with van der Waals surface area (Å²) in [5.41, 5.74) is 1.24. The Balaban J connectivity index is 1.59. The van der Waals surface area contributed by atoms with Gasteiger partial charge in [0.05, 0.1) is 0 Å². The molecule has 1 aliphatic rings. The van der Waals surface area contributed by atoms with Gasteiger partial charge in [-0.25, -0.2) is 0 Å². The van der Waals surface area contributed by atoms with Crippen molar-refractivity contribution in [1.82, 2.24) is 15.1 Å². The van der Waals surface area contributed by atoms with Crippen LogP contribution in [0.1, 0.15) is 34.5 Å². The van der Waals surface area contributed by atoms with Gasteiger partial charge >= 0.3 is 0 Å². The fourth-order valence-electron chi connectivity index (χ4n) is 4.07. The first-order valence-electron chi connectivity index (χ1n) is 9.31. The molecule has 5 nitrogen and oxygen atoms in total. The van der Waals surface area contributed by atoms with E-state index in [0.29, 0.717) is 18.8 Å². The molecular formula is C22H23N3O2. The standard InChI is InChI=1S/C22H23N3O2/c26-21(20-11-14-23-24-20)25-15-12-19(13-16-25)22(27,17-7-3-1-4-8-17)18-9-5-2-6-10-18/h1-11,14,19,27H,12-13,15-16H2,(H,23,24). The Kier molecular flexibility index (Phi) is 4.77. The molecular weight excluding hydrogens is 338 g/mol. The van der Waals surface area contributed by atoms with Crippen molar-refractivity contribution < 1.29 is 9.90 Å². The summed E-state index contributed by atoms with van der Waals surface area (Å²) < 4.78 is 0. The third kappa shape index (κ3) is 3.26. The van der Waals surface area contributed by atoms with E-state index in [9.17, 15) is 9.90 Å². The molecule has 2 N–H and O–H groups in total. The van der Waals surface area contributed by atoms with Crippen LogP contribution in [0.4, 0.5) is 0 Å². The molecule has 1 aromatic heterocycles. The Morgan fingerprint density at radius 1 is 0.963 bits per heavy atom. The molecule has 1 amide bonds. The number of rotatable bonds is 4. The number of nitrogens with zero attached hydrogens (tertiary/aromatic N) is 2. The highest BCUT2D eigenvalue weighted by Gasteiger charge is 2.42. The molecule has 1 saturated heterocycles. The van der Waals surface area contributed by atoms with Gasteiger partial charge in [0, 0.05) is 19.3 Å². The Bertz CT molecular complexity index is 831. The van der Waals surface area contributed by atoms with Crippen molar-refractivity contribution in [2.24, 2.45) is 5.92 Å². The summed E-state index contributed by atoms with van der Waals surface area (Å²) in [4.78, 5) is 14.4. The molecule has 27 heavy (non-hydrogen) atoms. The van der Waals surface area contributed by atoms with Crippen LogP contribution in [0.25, 0.3) is 0 Å². The van der Waals surface area contributed by atoms with Crippen molar-refractivity contribution in [3.05, 3.63) is 89.7 Å². The van der Waals surface area contributed by atoms with Gasteiger partial charge in [0.25, 0.3) is 5.91 Å². The van der Waals surface area contributed by atoms with Gasteiger partial charge < -0.3 is 10.0 Å². The first-order valence-corrected chi connectivity index (χ1v) is 9.31. The van der Waals surface area contributed by atoms with Crippen molar-refractivity contribution in [1.29, 1.82) is 0 Å². The minimum atomic E-state index is -1.06. The molecule has 0 bridgehead atoms. The molecule has 2 aromatic carbocycles. The minimum absolute atomic E-state index is 0.0334. The monoisotopic (exact) mass is 361 g/mol. The number of hydrogen-bond donors (Lipinski definition) is 2. The Labute approximate surface area is 158 Å². The SMILES string of the molecule is O=C(c1ccn[nH]1)N1CCC(C(O)(c2ccccc2)c2ccccc2)CC1. The van der Waals surface area contributed by atoms with Gasteiger partial charge in [0.1, 0.15) is 11.3 Å². The van der Waals surface area contributed by atoms with Gasteiger partial charge in [-0.3, -0.25) is 9.89 Å². The number of H-pyrrole nitrogens is 1. The molecule has 2 heterocycles. The van der Waals surface area contributed by atoms with Crippen LogP contribution < -0.4 is 0 Å². The summed E-state index contributed by atoms with van der Waals surface area (Å²) in [6.07, 6.45) is 3.06. The second-order valence-electron chi connectivity index (χ2n) is 7.04. The molecule has 3 aromatic rings. The molecule has 0 unspecified atom stereocenters. The van der Waals surface area contributed by atoms with Crippen LogP contribution in [0.15, 0.2) is 72.9 Å².